The molecule has 0 aromatic heterocycles. The van der Waals surface area contributed by atoms with Gasteiger partial charge in [-0.25, -0.2) is 0 Å². The maximum atomic E-state index is 10.6. The molecule has 1 heterocycles. The van der Waals surface area contributed by atoms with E-state index < -0.39 is 0 Å². The Labute approximate surface area is 83.2 Å². The quantitative estimate of drug-likeness (QED) is 0.526. The molecule has 0 N–H and O–H groups in total. The topological polar surface area (TPSA) is 26.3 Å². The van der Waals surface area contributed by atoms with Crippen LogP contribution in [0.3, 0.4) is 0 Å². The summed E-state index contributed by atoms with van der Waals surface area (Å²) in [5.74, 6) is 0.881. The molecule has 0 amide bonds. The molecular formula is C12H12O2. The Balaban J connectivity index is 2.31. The molecule has 0 fully saturated rings. The van der Waals surface area contributed by atoms with Gasteiger partial charge in [0.05, 0.1) is 0 Å². The SMILES string of the molecule is C=CC1CCc2cc(C=O)ccc2O1. The molecule has 2 rings (SSSR count). The molecule has 0 radical (unpaired) electrons. The second kappa shape index (κ2) is 3.66. The Morgan fingerprint density at radius 2 is 2.36 bits per heavy atom. The van der Waals surface area contributed by atoms with Crippen molar-refractivity contribution in [3.63, 3.8) is 0 Å². The zero-order chi connectivity index (χ0) is 9.97. The maximum Gasteiger partial charge on any atom is 0.150 e. The third kappa shape index (κ3) is 1.55. The minimum absolute atomic E-state index is 0.115. The van der Waals surface area contributed by atoms with Crippen molar-refractivity contribution in [3.05, 3.63) is 42.0 Å². The van der Waals surface area contributed by atoms with E-state index in [1.807, 2.05) is 18.2 Å². The van der Waals surface area contributed by atoms with Crippen molar-refractivity contribution in [2.75, 3.05) is 0 Å². The van der Waals surface area contributed by atoms with Crippen LogP contribution in [0.2, 0.25) is 0 Å². The van der Waals surface area contributed by atoms with Crippen LogP contribution in [0.1, 0.15) is 22.3 Å². The average Bonchev–Trinajstić information content (AvgIpc) is 2.27. The molecule has 1 atom stereocenters. The van der Waals surface area contributed by atoms with Gasteiger partial charge in [0.25, 0.3) is 0 Å². The second-order valence-corrected chi connectivity index (χ2v) is 3.42. The van der Waals surface area contributed by atoms with Gasteiger partial charge >= 0.3 is 0 Å². The molecule has 1 aliphatic rings. The van der Waals surface area contributed by atoms with Crippen LogP contribution in [0, 0.1) is 0 Å². The zero-order valence-electron chi connectivity index (χ0n) is 7.90. The second-order valence-electron chi connectivity index (χ2n) is 3.42. The molecule has 0 spiro atoms. The van der Waals surface area contributed by atoms with E-state index in [1.54, 1.807) is 6.07 Å². The van der Waals surface area contributed by atoms with Crippen molar-refractivity contribution >= 4 is 6.29 Å². The molecule has 0 saturated heterocycles. The van der Waals surface area contributed by atoms with Crippen molar-refractivity contribution in [3.8, 4) is 5.75 Å². The first-order valence-electron chi connectivity index (χ1n) is 4.71. The molecular weight excluding hydrogens is 176 g/mol. The van der Waals surface area contributed by atoms with Crippen LogP contribution in [-0.2, 0) is 6.42 Å². The van der Waals surface area contributed by atoms with Gasteiger partial charge in [0.15, 0.2) is 0 Å². The molecule has 2 nitrogen and oxygen atoms in total. The smallest absolute Gasteiger partial charge is 0.150 e. The van der Waals surface area contributed by atoms with Crippen molar-refractivity contribution in [2.45, 2.75) is 18.9 Å². The molecule has 1 aromatic rings. The monoisotopic (exact) mass is 188 g/mol. The lowest BCUT2D eigenvalue weighted by Crippen LogP contribution is -2.19. The highest BCUT2D eigenvalue weighted by atomic mass is 16.5. The van der Waals surface area contributed by atoms with Crippen LogP contribution in [0.25, 0.3) is 0 Å². The number of benzene rings is 1. The van der Waals surface area contributed by atoms with Gasteiger partial charge in [-0.05, 0) is 36.6 Å². The minimum Gasteiger partial charge on any atom is -0.486 e. The number of carbonyl (C=O) groups is 1. The van der Waals surface area contributed by atoms with Crippen molar-refractivity contribution in [1.29, 1.82) is 0 Å². The Morgan fingerprint density at radius 1 is 1.50 bits per heavy atom. The molecule has 0 saturated carbocycles. The lowest BCUT2D eigenvalue weighted by atomic mass is 10.0. The van der Waals surface area contributed by atoms with Crippen LogP contribution < -0.4 is 4.74 Å². The van der Waals surface area contributed by atoms with Gasteiger partial charge in [-0.2, -0.15) is 0 Å². The van der Waals surface area contributed by atoms with Gasteiger partial charge in [-0.15, -0.1) is 0 Å². The fourth-order valence-electron chi connectivity index (χ4n) is 1.67. The number of aryl methyl sites for hydroxylation is 1. The van der Waals surface area contributed by atoms with E-state index >= 15 is 0 Å². The number of ether oxygens (including phenoxy) is 1. The van der Waals surface area contributed by atoms with Crippen LogP contribution in [0.4, 0.5) is 0 Å². The average molecular weight is 188 g/mol. The molecule has 0 aliphatic carbocycles. The number of fused-ring (bicyclic) bond motifs is 1. The van der Waals surface area contributed by atoms with Gasteiger partial charge in [0.1, 0.15) is 18.1 Å². The summed E-state index contributed by atoms with van der Waals surface area (Å²) >= 11 is 0. The van der Waals surface area contributed by atoms with Gasteiger partial charge < -0.3 is 4.74 Å². The normalized spacial score (nSPS) is 19.3. The van der Waals surface area contributed by atoms with Gasteiger partial charge in [-0.1, -0.05) is 12.7 Å². The van der Waals surface area contributed by atoms with E-state index in [0.29, 0.717) is 5.56 Å². The molecule has 72 valence electrons. The molecule has 14 heavy (non-hydrogen) atoms. The van der Waals surface area contributed by atoms with E-state index in [4.69, 9.17) is 4.74 Å². The standard InChI is InChI=1S/C12H12O2/c1-2-11-5-4-10-7-9(8-13)3-6-12(10)14-11/h2-3,6-8,11H,1,4-5H2. The van der Waals surface area contributed by atoms with E-state index in [0.717, 1.165) is 30.4 Å². The van der Waals surface area contributed by atoms with E-state index in [1.165, 1.54) is 0 Å². The third-order valence-corrected chi connectivity index (χ3v) is 2.46. The van der Waals surface area contributed by atoms with Crippen molar-refractivity contribution in [2.24, 2.45) is 0 Å². The highest BCUT2D eigenvalue weighted by Gasteiger charge is 2.16. The Kier molecular flexibility index (Phi) is 2.35. The van der Waals surface area contributed by atoms with Gasteiger partial charge in [0.2, 0.25) is 0 Å². The fourth-order valence-corrected chi connectivity index (χ4v) is 1.67. The van der Waals surface area contributed by atoms with Crippen LogP contribution in [-0.4, -0.2) is 12.4 Å². The largest absolute Gasteiger partial charge is 0.486 e. The predicted octanol–water partition coefficient (Wildman–Crippen LogP) is 2.38. The summed E-state index contributed by atoms with van der Waals surface area (Å²) in [6, 6.07) is 5.52. The number of rotatable bonds is 2. The first kappa shape index (κ1) is 9.00. The van der Waals surface area contributed by atoms with Crippen LogP contribution in [0.5, 0.6) is 5.75 Å². The first-order valence-corrected chi connectivity index (χ1v) is 4.71. The maximum absolute atomic E-state index is 10.6. The summed E-state index contributed by atoms with van der Waals surface area (Å²) in [6.45, 7) is 3.71. The number of carbonyl (C=O) groups excluding carboxylic acids is 1. The predicted molar refractivity (Wildman–Crippen MR) is 54.8 cm³/mol. The summed E-state index contributed by atoms with van der Waals surface area (Å²) in [6.07, 6.45) is 4.69. The highest BCUT2D eigenvalue weighted by Crippen LogP contribution is 2.28. The van der Waals surface area contributed by atoms with Gasteiger partial charge in [-0.3, -0.25) is 4.79 Å². The summed E-state index contributed by atoms with van der Waals surface area (Å²) in [5.41, 5.74) is 1.83. The summed E-state index contributed by atoms with van der Waals surface area (Å²) in [5, 5.41) is 0. The van der Waals surface area contributed by atoms with Crippen LogP contribution >= 0.6 is 0 Å². The first-order chi connectivity index (χ1) is 6.83. The number of hydrogen-bond donors (Lipinski definition) is 0. The molecule has 1 unspecified atom stereocenters. The third-order valence-electron chi connectivity index (χ3n) is 2.46. The van der Waals surface area contributed by atoms with Crippen molar-refractivity contribution < 1.29 is 9.53 Å². The molecule has 1 aromatic carbocycles. The minimum atomic E-state index is 0.115. The fraction of sp³-hybridized carbons (Fsp3) is 0.250. The van der Waals surface area contributed by atoms with Gasteiger partial charge in [0, 0.05) is 5.56 Å². The Bertz CT molecular complexity index is 369. The zero-order valence-corrected chi connectivity index (χ0v) is 7.90. The van der Waals surface area contributed by atoms with Crippen LogP contribution in [0.15, 0.2) is 30.9 Å². The van der Waals surface area contributed by atoms with Crippen molar-refractivity contribution in [1.82, 2.24) is 0 Å². The molecule has 2 heteroatoms. The highest BCUT2D eigenvalue weighted by molar-refractivity contribution is 5.75. The summed E-state index contributed by atoms with van der Waals surface area (Å²) in [4.78, 5) is 10.6. The van der Waals surface area contributed by atoms with E-state index in [-0.39, 0.29) is 6.10 Å². The van der Waals surface area contributed by atoms with E-state index in [9.17, 15) is 4.79 Å². The summed E-state index contributed by atoms with van der Waals surface area (Å²) in [7, 11) is 0. The molecule has 1 aliphatic heterocycles. The number of hydrogen-bond acceptors (Lipinski definition) is 2. The Morgan fingerprint density at radius 3 is 3.07 bits per heavy atom. The lowest BCUT2D eigenvalue weighted by Gasteiger charge is -2.23. The number of aldehydes is 1. The summed E-state index contributed by atoms with van der Waals surface area (Å²) < 4.78 is 5.65. The van der Waals surface area contributed by atoms with E-state index in [2.05, 4.69) is 6.58 Å². The molecule has 0 bridgehead atoms. The Hall–Kier alpha value is -1.57. The lowest BCUT2D eigenvalue weighted by molar-refractivity contribution is 0.112.